The Balaban J connectivity index is 1.74. The highest BCUT2D eigenvalue weighted by Crippen LogP contribution is 2.12. The van der Waals surface area contributed by atoms with E-state index in [0.29, 0.717) is 30.9 Å². The van der Waals surface area contributed by atoms with Gasteiger partial charge in [0.15, 0.2) is 0 Å². The van der Waals surface area contributed by atoms with Crippen molar-refractivity contribution in [3.63, 3.8) is 0 Å². The molecule has 0 unspecified atom stereocenters. The average Bonchev–Trinajstić information content (AvgIpc) is 2.64. The molecule has 1 amide bonds. The molecule has 0 spiro atoms. The lowest BCUT2D eigenvalue weighted by molar-refractivity contribution is 0.0604. The molecule has 0 saturated carbocycles. The van der Waals surface area contributed by atoms with Crippen LogP contribution in [0.5, 0.6) is 0 Å². The second kappa shape index (κ2) is 11.1. The number of nitrogens with zero attached hydrogens (tertiary/aromatic N) is 1. The van der Waals surface area contributed by atoms with Gasteiger partial charge in [-0.25, -0.2) is 4.39 Å². The van der Waals surface area contributed by atoms with E-state index in [1.807, 2.05) is 0 Å². The number of nitrogens with one attached hydrogen (secondary N) is 2. The summed E-state index contributed by atoms with van der Waals surface area (Å²) < 4.78 is 24.0. The van der Waals surface area contributed by atoms with Gasteiger partial charge >= 0.3 is 0 Å². The SMILES string of the molecule is COCCOCc1cc(C(=O)NCCCN2CCNCC2)ccc1F. The Labute approximate surface area is 148 Å². The van der Waals surface area contributed by atoms with Crippen LogP contribution in [0.15, 0.2) is 18.2 Å². The molecule has 0 radical (unpaired) electrons. The van der Waals surface area contributed by atoms with Crippen molar-refractivity contribution in [3.05, 3.63) is 35.1 Å². The predicted octanol–water partition coefficient (Wildman–Crippen LogP) is 1.01. The first-order chi connectivity index (χ1) is 12.2. The van der Waals surface area contributed by atoms with Crippen LogP contribution in [-0.2, 0) is 16.1 Å². The van der Waals surface area contributed by atoms with Crippen LogP contribution in [0, 0.1) is 5.82 Å². The van der Waals surface area contributed by atoms with Gasteiger partial charge in [0.1, 0.15) is 5.82 Å². The maximum Gasteiger partial charge on any atom is 0.251 e. The number of ether oxygens (including phenoxy) is 2. The summed E-state index contributed by atoms with van der Waals surface area (Å²) in [6.07, 6.45) is 0.903. The normalized spacial score (nSPS) is 15.3. The summed E-state index contributed by atoms with van der Waals surface area (Å²) in [5.74, 6) is -0.550. The van der Waals surface area contributed by atoms with Crippen LogP contribution < -0.4 is 10.6 Å². The highest BCUT2D eigenvalue weighted by Gasteiger charge is 2.11. The van der Waals surface area contributed by atoms with E-state index in [4.69, 9.17) is 9.47 Å². The first-order valence-corrected chi connectivity index (χ1v) is 8.77. The van der Waals surface area contributed by atoms with Crippen LogP contribution in [0.2, 0.25) is 0 Å². The number of methoxy groups -OCH3 is 1. The van der Waals surface area contributed by atoms with E-state index in [2.05, 4.69) is 15.5 Å². The zero-order chi connectivity index (χ0) is 17.9. The molecule has 6 nitrogen and oxygen atoms in total. The third kappa shape index (κ3) is 7.07. The van der Waals surface area contributed by atoms with Gasteiger partial charge in [-0.3, -0.25) is 4.79 Å². The molecule has 0 bridgehead atoms. The molecule has 2 rings (SSSR count). The number of rotatable bonds is 10. The standard InChI is InChI=1S/C18H28FN3O3/c1-24-11-12-25-14-16-13-15(3-4-17(16)19)18(23)21-5-2-8-22-9-6-20-7-10-22/h3-4,13,20H,2,5-12,14H2,1H3,(H,21,23). The summed E-state index contributed by atoms with van der Waals surface area (Å²) in [6, 6.07) is 4.36. The lowest BCUT2D eigenvalue weighted by Crippen LogP contribution is -2.44. The van der Waals surface area contributed by atoms with Crippen LogP contribution in [0.4, 0.5) is 4.39 Å². The quantitative estimate of drug-likeness (QED) is 0.615. The smallest absolute Gasteiger partial charge is 0.251 e. The lowest BCUT2D eigenvalue weighted by atomic mass is 10.1. The highest BCUT2D eigenvalue weighted by molar-refractivity contribution is 5.94. The Bertz CT molecular complexity index is 536. The second-order valence-electron chi connectivity index (χ2n) is 6.05. The molecule has 0 atom stereocenters. The molecule has 1 saturated heterocycles. The maximum atomic E-state index is 13.8. The van der Waals surface area contributed by atoms with Crippen molar-refractivity contribution in [1.82, 2.24) is 15.5 Å². The predicted molar refractivity (Wildman–Crippen MR) is 94.2 cm³/mol. The fourth-order valence-electron chi connectivity index (χ4n) is 2.69. The van der Waals surface area contributed by atoms with E-state index < -0.39 is 0 Å². The van der Waals surface area contributed by atoms with Gasteiger partial charge in [0.25, 0.3) is 5.91 Å². The fraction of sp³-hybridized carbons (Fsp3) is 0.611. The Hall–Kier alpha value is -1.54. The van der Waals surface area contributed by atoms with Gasteiger partial charge in [-0.1, -0.05) is 0 Å². The van der Waals surface area contributed by atoms with E-state index >= 15 is 0 Å². The average molecular weight is 353 g/mol. The van der Waals surface area contributed by atoms with Crippen molar-refractivity contribution >= 4 is 5.91 Å². The summed E-state index contributed by atoms with van der Waals surface area (Å²) in [7, 11) is 1.58. The summed E-state index contributed by atoms with van der Waals surface area (Å²) >= 11 is 0. The molecule has 1 aromatic rings. The highest BCUT2D eigenvalue weighted by atomic mass is 19.1. The first-order valence-electron chi connectivity index (χ1n) is 8.77. The van der Waals surface area contributed by atoms with E-state index in [1.165, 1.54) is 12.1 Å². The van der Waals surface area contributed by atoms with Crippen molar-refractivity contribution in [2.24, 2.45) is 0 Å². The van der Waals surface area contributed by atoms with Gasteiger partial charge in [0, 0.05) is 51.0 Å². The van der Waals surface area contributed by atoms with Gasteiger partial charge in [-0.2, -0.15) is 0 Å². The number of amides is 1. The first kappa shape index (κ1) is 19.8. The van der Waals surface area contributed by atoms with E-state index in [1.54, 1.807) is 13.2 Å². The largest absolute Gasteiger partial charge is 0.382 e. The summed E-state index contributed by atoms with van der Waals surface area (Å²) in [5, 5.41) is 6.21. The van der Waals surface area contributed by atoms with Gasteiger partial charge in [0.05, 0.1) is 19.8 Å². The Kier molecular flexibility index (Phi) is 8.82. The van der Waals surface area contributed by atoms with Crippen molar-refractivity contribution in [1.29, 1.82) is 0 Å². The molecule has 7 heteroatoms. The van der Waals surface area contributed by atoms with Gasteiger partial charge in [-0.05, 0) is 31.2 Å². The number of carbonyl (C=O) groups excluding carboxylic acids is 1. The number of halogens is 1. The van der Waals surface area contributed by atoms with Crippen LogP contribution in [0.3, 0.4) is 0 Å². The van der Waals surface area contributed by atoms with Gasteiger partial charge in [-0.15, -0.1) is 0 Å². The van der Waals surface area contributed by atoms with E-state index in [9.17, 15) is 9.18 Å². The van der Waals surface area contributed by atoms with Crippen LogP contribution in [-0.4, -0.2) is 70.4 Å². The Morgan fingerprint density at radius 2 is 2.12 bits per heavy atom. The van der Waals surface area contributed by atoms with Crippen LogP contribution in [0.25, 0.3) is 0 Å². The Morgan fingerprint density at radius 1 is 1.32 bits per heavy atom. The maximum absolute atomic E-state index is 13.8. The number of carbonyl (C=O) groups is 1. The third-order valence-corrected chi connectivity index (χ3v) is 4.14. The number of benzene rings is 1. The lowest BCUT2D eigenvalue weighted by Gasteiger charge is -2.27. The molecule has 2 N–H and O–H groups in total. The topological polar surface area (TPSA) is 62.8 Å². The van der Waals surface area contributed by atoms with Crippen molar-refractivity contribution < 1.29 is 18.7 Å². The third-order valence-electron chi connectivity index (χ3n) is 4.14. The number of hydrogen-bond donors (Lipinski definition) is 2. The van der Waals surface area contributed by atoms with Crippen molar-refractivity contribution in [3.8, 4) is 0 Å². The van der Waals surface area contributed by atoms with Crippen LogP contribution in [0.1, 0.15) is 22.3 Å². The number of hydrogen-bond acceptors (Lipinski definition) is 5. The molecular weight excluding hydrogens is 325 g/mol. The Morgan fingerprint density at radius 3 is 2.88 bits per heavy atom. The van der Waals surface area contributed by atoms with E-state index in [0.717, 1.165) is 39.1 Å². The van der Waals surface area contributed by atoms with Crippen molar-refractivity contribution in [2.75, 3.05) is 59.6 Å². The molecule has 1 aliphatic rings. The van der Waals surface area contributed by atoms with Crippen molar-refractivity contribution in [2.45, 2.75) is 13.0 Å². The molecule has 1 aliphatic heterocycles. The second-order valence-corrected chi connectivity index (χ2v) is 6.05. The molecule has 1 heterocycles. The minimum absolute atomic E-state index is 0.124. The minimum atomic E-state index is -0.368. The molecule has 140 valence electrons. The van der Waals surface area contributed by atoms with Gasteiger partial charge < -0.3 is 25.0 Å². The monoisotopic (exact) mass is 353 g/mol. The molecular formula is C18H28FN3O3. The summed E-state index contributed by atoms with van der Waals surface area (Å²) in [6.45, 7) is 6.71. The summed E-state index contributed by atoms with van der Waals surface area (Å²) in [5.41, 5.74) is 0.832. The zero-order valence-electron chi connectivity index (χ0n) is 14.9. The molecule has 1 aromatic carbocycles. The minimum Gasteiger partial charge on any atom is -0.382 e. The van der Waals surface area contributed by atoms with Gasteiger partial charge in [0.2, 0.25) is 0 Å². The molecule has 0 aliphatic carbocycles. The molecule has 0 aromatic heterocycles. The fourth-order valence-corrected chi connectivity index (χ4v) is 2.69. The van der Waals surface area contributed by atoms with Crippen LogP contribution >= 0.6 is 0 Å². The molecule has 1 fully saturated rings. The summed E-state index contributed by atoms with van der Waals surface area (Å²) in [4.78, 5) is 14.6. The molecule has 25 heavy (non-hydrogen) atoms. The zero-order valence-corrected chi connectivity index (χ0v) is 14.9. The number of piperazine rings is 1. The van der Waals surface area contributed by atoms with E-state index in [-0.39, 0.29) is 18.3 Å².